The van der Waals surface area contributed by atoms with Crippen LogP contribution in [-0.2, 0) is 0 Å². The van der Waals surface area contributed by atoms with Gasteiger partial charge in [-0.15, -0.1) is 0 Å². The number of hydrogen-bond donors (Lipinski definition) is 1. The van der Waals surface area contributed by atoms with Gasteiger partial charge in [0.15, 0.2) is 0 Å². The molecular formula is C12H10Cl2N2. The Balaban J connectivity index is 2.63. The van der Waals surface area contributed by atoms with Gasteiger partial charge in [0, 0.05) is 21.8 Å². The lowest BCUT2D eigenvalue weighted by molar-refractivity contribution is 1.29. The van der Waals surface area contributed by atoms with E-state index in [1.165, 1.54) is 0 Å². The number of anilines is 1. The van der Waals surface area contributed by atoms with Gasteiger partial charge in [-0.25, -0.2) is 0 Å². The van der Waals surface area contributed by atoms with Gasteiger partial charge in [-0.2, -0.15) is 0 Å². The Kier molecular flexibility index (Phi) is 3.03. The van der Waals surface area contributed by atoms with Gasteiger partial charge >= 0.3 is 0 Å². The quantitative estimate of drug-likeness (QED) is 0.835. The van der Waals surface area contributed by atoms with Crippen LogP contribution in [0.5, 0.6) is 0 Å². The van der Waals surface area contributed by atoms with Crippen molar-refractivity contribution in [3.8, 4) is 11.3 Å². The van der Waals surface area contributed by atoms with E-state index in [9.17, 15) is 0 Å². The van der Waals surface area contributed by atoms with Crippen LogP contribution in [0.1, 0.15) is 5.56 Å². The number of nitrogens with two attached hydrogens (primary N) is 1. The monoisotopic (exact) mass is 252 g/mol. The molecule has 1 heterocycles. The van der Waals surface area contributed by atoms with Crippen LogP contribution in [-0.4, -0.2) is 4.98 Å². The van der Waals surface area contributed by atoms with Crippen molar-refractivity contribution in [2.24, 2.45) is 0 Å². The third-order valence-corrected chi connectivity index (χ3v) is 2.78. The highest BCUT2D eigenvalue weighted by Gasteiger charge is 2.07. The van der Waals surface area contributed by atoms with E-state index in [4.69, 9.17) is 28.9 Å². The first-order valence-corrected chi connectivity index (χ1v) is 5.51. The van der Waals surface area contributed by atoms with E-state index in [0.717, 1.165) is 11.1 Å². The molecule has 16 heavy (non-hydrogen) atoms. The summed E-state index contributed by atoms with van der Waals surface area (Å²) in [6.07, 6.45) is 1.72. The molecule has 0 aliphatic heterocycles. The van der Waals surface area contributed by atoms with Crippen LogP contribution in [0.3, 0.4) is 0 Å². The second kappa shape index (κ2) is 4.32. The molecular weight excluding hydrogens is 243 g/mol. The van der Waals surface area contributed by atoms with Gasteiger partial charge in [0.1, 0.15) is 0 Å². The zero-order valence-electron chi connectivity index (χ0n) is 8.67. The lowest BCUT2D eigenvalue weighted by Crippen LogP contribution is -1.96. The van der Waals surface area contributed by atoms with Gasteiger partial charge in [0.2, 0.25) is 0 Å². The fraction of sp³-hybridized carbons (Fsp3) is 0.0833. The largest absolute Gasteiger partial charge is 0.397 e. The molecule has 4 heteroatoms. The van der Waals surface area contributed by atoms with Gasteiger partial charge in [-0.3, -0.25) is 4.98 Å². The number of nitrogens with zero attached hydrogens (tertiary/aromatic N) is 1. The van der Waals surface area contributed by atoms with Gasteiger partial charge in [-0.1, -0.05) is 23.2 Å². The average Bonchev–Trinajstić information content (AvgIpc) is 2.20. The molecule has 1 aromatic carbocycles. The van der Waals surface area contributed by atoms with E-state index in [-0.39, 0.29) is 0 Å². The van der Waals surface area contributed by atoms with Crippen molar-refractivity contribution in [1.82, 2.24) is 4.98 Å². The second-order valence-corrected chi connectivity index (χ2v) is 4.42. The Morgan fingerprint density at radius 2 is 1.75 bits per heavy atom. The summed E-state index contributed by atoms with van der Waals surface area (Å²) < 4.78 is 0. The van der Waals surface area contributed by atoms with Crippen molar-refractivity contribution in [3.05, 3.63) is 46.1 Å². The van der Waals surface area contributed by atoms with E-state index in [0.29, 0.717) is 21.4 Å². The van der Waals surface area contributed by atoms with Crippen molar-refractivity contribution in [1.29, 1.82) is 0 Å². The van der Waals surface area contributed by atoms with Gasteiger partial charge in [-0.05, 0) is 36.8 Å². The maximum Gasteiger partial charge on any atom is 0.0934 e. The first-order valence-electron chi connectivity index (χ1n) is 4.75. The minimum absolute atomic E-state index is 0.574. The molecule has 82 valence electrons. The number of aryl methyl sites for hydroxylation is 1. The lowest BCUT2D eigenvalue weighted by atomic mass is 10.1. The molecule has 0 amide bonds. The molecule has 2 N–H and O–H groups in total. The predicted octanol–water partition coefficient (Wildman–Crippen LogP) is 3.95. The molecule has 0 unspecified atom stereocenters. The van der Waals surface area contributed by atoms with E-state index >= 15 is 0 Å². The van der Waals surface area contributed by atoms with E-state index < -0.39 is 0 Å². The molecule has 0 bridgehead atoms. The molecule has 0 saturated carbocycles. The molecule has 0 atom stereocenters. The Hall–Kier alpha value is -1.25. The standard InChI is InChI=1S/C12H10Cl2N2/c1-7-2-3-16-12(11(7)15)8-4-9(13)6-10(14)5-8/h2-6H,15H2,1H3. The molecule has 0 radical (unpaired) electrons. The summed E-state index contributed by atoms with van der Waals surface area (Å²) in [6.45, 7) is 1.94. The summed E-state index contributed by atoms with van der Waals surface area (Å²) in [7, 11) is 0. The number of hydrogen-bond acceptors (Lipinski definition) is 2. The smallest absolute Gasteiger partial charge is 0.0934 e. The SMILES string of the molecule is Cc1ccnc(-c2cc(Cl)cc(Cl)c2)c1N. The summed E-state index contributed by atoms with van der Waals surface area (Å²) in [6, 6.07) is 7.14. The first-order chi connectivity index (χ1) is 7.58. The highest BCUT2D eigenvalue weighted by atomic mass is 35.5. The van der Waals surface area contributed by atoms with Crippen LogP contribution in [0.4, 0.5) is 5.69 Å². The van der Waals surface area contributed by atoms with Crippen LogP contribution < -0.4 is 5.73 Å². The summed E-state index contributed by atoms with van der Waals surface area (Å²) in [5.41, 5.74) is 9.15. The van der Waals surface area contributed by atoms with Gasteiger partial charge in [0.05, 0.1) is 11.4 Å². The number of halogens is 2. The molecule has 0 saturated heterocycles. The van der Waals surface area contributed by atoms with Crippen molar-refractivity contribution in [3.63, 3.8) is 0 Å². The highest BCUT2D eigenvalue weighted by molar-refractivity contribution is 6.35. The number of aromatic nitrogens is 1. The molecule has 2 rings (SSSR count). The van der Waals surface area contributed by atoms with Crippen molar-refractivity contribution >= 4 is 28.9 Å². The molecule has 0 fully saturated rings. The number of rotatable bonds is 1. The minimum atomic E-state index is 0.574. The first kappa shape index (κ1) is 11.2. The van der Waals surface area contributed by atoms with Crippen LogP contribution in [0.15, 0.2) is 30.5 Å². The normalized spacial score (nSPS) is 10.4. The molecule has 1 aromatic heterocycles. The van der Waals surface area contributed by atoms with Crippen LogP contribution >= 0.6 is 23.2 Å². The lowest BCUT2D eigenvalue weighted by Gasteiger charge is -2.08. The number of pyridine rings is 1. The highest BCUT2D eigenvalue weighted by Crippen LogP contribution is 2.30. The van der Waals surface area contributed by atoms with E-state index in [1.54, 1.807) is 24.4 Å². The summed E-state index contributed by atoms with van der Waals surface area (Å²) in [5, 5.41) is 1.15. The van der Waals surface area contributed by atoms with Crippen molar-refractivity contribution in [2.75, 3.05) is 5.73 Å². The summed E-state index contributed by atoms with van der Waals surface area (Å²) in [5.74, 6) is 0. The summed E-state index contributed by atoms with van der Waals surface area (Å²) in [4.78, 5) is 4.25. The average molecular weight is 253 g/mol. The van der Waals surface area contributed by atoms with Crippen LogP contribution in [0.25, 0.3) is 11.3 Å². The molecule has 0 aliphatic rings. The van der Waals surface area contributed by atoms with E-state index in [2.05, 4.69) is 4.98 Å². The summed E-state index contributed by atoms with van der Waals surface area (Å²) >= 11 is 11.9. The molecule has 0 aliphatic carbocycles. The zero-order chi connectivity index (χ0) is 11.7. The van der Waals surface area contributed by atoms with Crippen LogP contribution in [0.2, 0.25) is 10.0 Å². The third-order valence-electron chi connectivity index (χ3n) is 2.34. The van der Waals surface area contributed by atoms with E-state index in [1.807, 2.05) is 13.0 Å². The molecule has 2 nitrogen and oxygen atoms in total. The van der Waals surface area contributed by atoms with Gasteiger partial charge < -0.3 is 5.73 Å². The fourth-order valence-corrected chi connectivity index (χ4v) is 2.02. The minimum Gasteiger partial charge on any atom is -0.397 e. The van der Waals surface area contributed by atoms with Crippen molar-refractivity contribution < 1.29 is 0 Å². The van der Waals surface area contributed by atoms with Crippen molar-refractivity contribution in [2.45, 2.75) is 6.92 Å². The zero-order valence-corrected chi connectivity index (χ0v) is 10.2. The predicted molar refractivity (Wildman–Crippen MR) is 68.8 cm³/mol. The topological polar surface area (TPSA) is 38.9 Å². The maximum atomic E-state index is 5.97. The Morgan fingerprint density at radius 3 is 2.38 bits per heavy atom. The molecule has 2 aromatic rings. The number of nitrogen functional groups attached to an aromatic ring is 1. The fourth-order valence-electron chi connectivity index (χ4n) is 1.49. The van der Waals surface area contributed by atoms with Crippen LogP contribution in [0, 0.1) is 6.92 Å². The third kappa shape index (κ3) is 2.13. The van der Waals surface area contributed by atoms with Gasteiger partial charge in [0.25, 0.3) is 0 Å². The molecule has 0 spiro atoms. The maximum absolute atomic E-state index is 5.97. The Labute approximate surface area is 104 Å². The Morgan fingerprint density at radius 1 is 1.12 bits per heavy atom. The number of benzene rings is 1. The Bertz CT molecular complexity index is 518. The second-order valence-electron chi connectivity index (χ2n) is 3.55.